The summed E-state index contributed by atoms with van der Waals surface area (Å²) in [7, 11) is 0. The summed E-state index contributed by atoms with van der Waals surface area (Å²) >= 11 is 0. The Kier molecular flexibility index (Phi) is 5.45. The standard InChI is InChI=1S/C23H24N2O3/c1-13-10-14(2)21(15(3)11-13)25-22(26)17(5)28-23(27)19-12-16(4)24-20-9-7-6-8-18(19)20/h6-12,17H,1-5H3,(H,25,26)/t17-/m1/s1. The van der Waals surface area contributed by atoms with E-state index in [1.165, 1.54) is 0 Å². The van der Waals surface area contributed by atoms with Gasteiger partial charge in [-0.3, -0.25) is 9.78 Å². The number of anilines is 1. The molecule has 1 atom stereocenters. The number of amides is 1. The molecule has 5 heteroatoms. The van der Waals surface area contributed by atoms with Gasteiger partial charge in [0, 0.05) is 16.8 Å². The molecule has 0 aliphatic rings. The number of para-hydroxylation sites is 1. The van der Waals surface area contributed by atoms with Gasteiger partial charge in [0.2, 0.25) is 0 Å². The van der Waals surface area contributed by atoms with Crippen molar-refractivity contribution < 1.29 is 14.3 Å². The summed E-state index contributed by atoms with van der Waals surface area (Å²) in [6.45, 7) is 9.29. The smallest absolute Gasteiger partial charge is 0.339 e. The second-order valence-electron chi connectivity index (χ2n) is 7.14. The van der Waals surface area contributed by atoms with Crippen LogP contribution >= 0.6 is 0 Å². The van der Waals surface area contributed by atoms with Gasteiger partial charge in [0.1, 0.15) is 0 Å². The van der Waals surface area contributed by atoms with Crippen LogP contribution in [0.1, 0.15) is 39.7 Å². The van der Waals surface area contributed by atoms with Crippen molar-refractivity contribution in [1.29, 1.82) is 0 Å². The Balaban J connectivity index is 1.79. The zero-order valence-electron chi connectivity index (χ0n) is 16.8. The van der Waals surface area contributed by atoms with Crippen molar-refractivity contribution in [2.75, 3.05) is 5.32 Å². The lowest BCUT2D eigenvalue weighted by Gasteiger charge is -2.17. The van der Waals surface area contributed by atoms with Crippen LogP contribution in [0.3, 0.4) is 0 Å². The Morgan fingerprint density at radius 2 is 1.64 bits per heavy atom. The van der Waals surface area contributed by atoms with Crippen LogP contribution in [0.5, 0.6) is 0 Å². The average Bonchev–Trinajstić information content (AvgIpc) is 2.63. The van der Waals surface area contributed by atoms with Crippen LogP contribution in [0.25, 0.3) is 10.9 Å². The summed E-state index contributed by atoms with van der Waals surface area (Å²) in [5.41, 5.74) is 5.67. The van der Waals surface area contributed by atoms with E-state index in [0.717, 1.165) is 27.9 Å². The monoisotopic (exact) mass is 376 g/mol. The van der Waals surface area contributed by atoms with Crippen molar-refractivity contribution in [3.8, 4) is 0 Å². The van der Waals surface area contributed by atoms with E-state index in [1.807, 2.05) is 64.1 Å². The van der Waals surface area contributed by atoms with E-state index in [0.29, 0.717) is 16.6 Å². The number of nitrogens with zero attached hydrogens (tertiary/aromatic N) is 1. The Morgan fingerprint density at radius 3 is 2.32 bits per heavy atom. The van der Waals surface area contributed by atoms with Crippen LogP contribution in [0, 0.1) is 27.7 Å². The number of aryl methyl sites for hydroxylation is 4. The topological polar surface area (TPSA) is 68.3 Å². The molecule has 3 aromatic rings. The van der Waals surface area contributed by atoms with Crippen molar-refractivity contribution in [2.45, 2.75) is 40.7 Å². The van der Waals surface area contributed by atoms with Crippen molar-refractivity contribution in [1.82, 2.24) is 4.98 Å². The molecule has 2 aromatic carbocycles. The van der Waals surface area contributed by atoms with Gasteiger partial charge in [-0.05, 0) is 57.9 Å². The lowest BCUT2D eigenvalue weighted by Crippen LogP contribution is -2.30. The van der Waals surface area contributed by atoms with Crippen molar-refractivity contribution in [2.24, 2.45) is 0 Å². The van der Waals surface area contributed by atoms with Gasteiger partial charge in [0.15, 0.2) is 6.10 Å². The fraction of sp³-hybridized carbons (Fsp3) is 0.261. The number of aromatic nitrogens is 1. The Morgan fingerprint density at radius 1 is 1.00 bits per heavy atom. The minimum absolute atomic E-state index is 0.363. The number of ether oxygens (including phenoxy) is 1. The lowest BCUT2D eigenvalue weighted by atomic mass is 10.0. The number of fused-ring (bicyclic) bond motifs is 1. The molecule has 1 heterocycles. The van der Waals surface area contributed by atoms with Gasteiger partial charge >= 0.3 is 5.97 Å². The lowest BCUT2D eigenvalue weighted by molar-refractivity contribution is -0.123. The first-order chi connectivity index (χ1) is 13.3. The quantitative estimate of drug-likeness (QED) is 0.673. The third kappa shape index (κ3) is 4.03. The fourth-order valence-corrected chi connectivity index (χ4v) is 3.36. The predicted octanol–water partition coefficient (Wildman–Crippen LogP) is 4.65. The Labute approximate surface area is 164 Å². The molecular formula is C23H24N2O3. The van der Waals surface area contributed by atoms with Crippen LogP contribution < -0.4 is 5.32 Å². The summed E-state index contributed by atoms with van der Waals surface area (Å²) in [5, 5.41) is 3.59. The van der Waals surface area contributed by atoms with Crippen LogP contribution in [0.4, 0.5) is 5.69 Å². The zero-order valence-corrected chi connectivity index (χ0v) is 16.8. The van der Waals surface area contributed by atoms with E-state index in [4.69, 9.17) is 4.74 Å². The normalized spacial score (nSPS) is 11.9. The molecular weight excluding hydrogens is 352 g/mol. The molecule has 0 aliphatic heterocycles. The molecule has 0 unspecified atom stereocenters. The average molecular weight is 376 g/mol. The van der Waals surface area contributed by atoms with Crippen molar-refractivity contribution >= 4 is 28.5 Å². The highest BCUT2D eigenvalue weighted by Gasteiger charge is 2.22. The summed E-state index contributed by atoms with van der Waals surface area (Å²) in [6, 6.07) is 13.1. The number of rotatable bonds is 4. The zero-order chi connectivity index (χ0) is 20.4. The molecule has 28 heavy (non-hydrogen) atoms. The fourth-order valence-electron chi connectivity index (χ4n) is 3.36. The molecule has 0 fully saturated rings. The summed E-state index contributed by atoms with van der Waals surface area (Å²) in [5.74, 6) is -0.903. The molecule has 1 amide bonds. The molecule has 144 valence electrons. The highest BCUT2D eigenvalue weighted by Crippen LogP contribution is 2.23. The van der Waals surface area contributed by atoms with Crippen LogP contribution in [-0.4, -0.2) is 23.0 Å². The Hall–Kier alpha value is -3.21. The number of carbonyl (C=O) groups excluding carboxylic acids is 2. The van der Waals surface area contributed by atoms with E-state index < -0.39 is 12.1 Å². The number of carbonyl (C=O) groups is 2. The third-order valence-corrected chi connectivity index (χ3v) is 4.64. The molecule has 0 saturated heterocycles. The first-order valence-electron chi connectivity index (χ1n) is 9.22. The van der Waals surface area contributed by atoms with Crippen LogP contribution in [0.15, 0.2) is 42.5 Å². The van der Waals surface area contributed by atoms with Crippen LogP contribution in [0.2, 0.25) is 0 Å². The van der Waals surface area contributed by atoms with E-state index in [9.17, 15) is 9.59 Å². The minimum Gasteiger partial charge on any atom is -0.449 e. The molecule has 0 spiro atoms. The summed E-state index contributed by atoms with van der Waals surface area (Å²) < 4.78 is 5.46. The number of benzene rings is 2. The van der Waals surface area contributed by atoms with Gasteiger partial charge in [-0.2, -0.15) is 0 Å². The first kappa shape index (κ1) is 19.5. The summed E-state index contributed by atoms with van der Waals surface area (Å²) in [4.78, 5) is 29.8. The largest absolute Gasteiger partial charge is 0.449 e. The molecule has 1 N–H and O–H groups in total. The first-order valence-corrected chi connectivity index (χ1v) is 9.22. The second-order valence-corrected chi connectivity index (χ2v) is 7.14. The van der Waals surface area contributed by atoms with E-state index >= 15 is 0 Å². The summed E-state index contributed by atoms with van der Waals surface area (Å²) in [6.07, 6.45) is -0.931. The predicted molar refractivity (Wildman–Crippen MR) is 111 cm³/mol. The maximum absolute atomic E-state index is 12.7. The van der Waals surface area contributed by atoms with Gasteiger partial charge in [-0.1, -0.05) is 35.9 Å². The minimum atomic E-state index is -0.931. The van der Waals surface area contributed by atoms with E-state index in [2.05, 4.69) is 10.3 Å². The number of esters is 1. The number of pyridine rings is 1. The molecule has 3 rings (SSSR count). The highest BCUT2D eigenvalue weighted by molar-refractivity contribution is 6.05. The second kappa shape index (κ2) is 7.80. The third-order valence-electron chi connectivity index (χ3n) is 4.64. The molecule has 0 radical (unpaired) electrons. The van der Waals surface area contributed by atoms with Crippen LogP contribution in [-0.2, 0) is 9.53 Å². The SMILES string of the molecule is Cc1cc(C)c(NC(=O)[C@@H](C)OC(=O)c2cc(C)nc3ccccc23)c(C)c1. The van der Waals surface area contributed by atoms with Crippen molar-refractivity contribution in [3.05, 3.63) is 70.4 Å². The number of hydrogen-bond donors (Lipinski definition) is 1. The molecule has 0 saturated carbocycles. The number of nitrogens with one attached hydrogen (secondary N) is 1. The van der Waals surface area contributed by atoms with E-state index in [1.54, 1.807) is 13.0 Å². The Bertz CT molecular complexity index is 1050. The van der Waals surface area contributed by atoms with Gasteiger partial charge in [0.25, 0.3) is 5.91 Å². The van der Waals surface area contributed by atoms with Gasteiger partial charge in [0.05, 0.1) is 11.1 Å². The molecule has 0 bridgehead atoms. The van der Waals surface area contributed by atoms with Crippen molar-refractivity contribution in [3.63, 3.8) is 0 Å². The molecule has 5 nitrogen and oxygen atoms in total. The van der Waals surface area contributed by atoms with E-state index in [-0.39, 0.29) is 5.91 Å². The maximum atomic E-state index is 12.7. The highest BCUT2D eigenvalue weighted by atomic mass is 16.5. The number of hydrogen-bond acceptors (Lipinski definition) is 4. The molecule has 1 aromatic heterocycles. The van der Waals surface area contributed by atoms with Gasteiger partial charge < -0.3 is 10.1 Å². The van der Waals surface area contributed by atoms with Gasteiger partial charge in [-0.15, -0.1) is 0 Å². The molecule has 0 aliphatic carbocycles. The maximum Gasteiger partial charge on any atom is 0.339 e. The van der Waals surface area contributed by atoms with Gasteiger partial charge in [-0.25, -0.2) is 4.79 Å².